The minimum absolute atomic E-state index is 0.00333. The summed E-state index contributed by atoms with van der Waals surface area (Å²) in [6.45, 7) is 4.88. The summed E-state index contributed by atoms with van der Waals surface area (Å²) in [7, 11) is 0. The molecule has 0 aromatic heterocycles. The lowest BCUT2D eigenvalue weighted by Crippen LogP contribution is -2.12. The number of hydrogen-bond donors (Lipinski definition) is 2. The molecule has 2 N–H and O–H groups in total. The van der Waals surface area contributed by atoms with Crippen LogP contribution in [0.2, 0.25) is 0 Å². The smallest absolute Gasteiger partial charge is 0.333 e. The quantitative estimate of drug-likeness (QED) is 0.340. The minimum Gasteiger partial charge on any atom is -0.462 e. The molecule has 0 aliphatic carbocycles. The van der Waals surface area contributed by atoms with E-state index >= 15 is 0 Å². The van der Waals surface area contributed by atoms with Gasteiger partial charge in [0.15, 0.2) is 6.29 Å². The molecule has 0 bridgehead atoms. The molecule has 0 heterocycles. The van der Waals surface area contributed by atoms with Crippen molar-refractivity contribution in [3.63, 3.8) is 0 Å². The van der Waals surface area contributed by atoms with Crippen LogP contribution in [0.3, 0.4) is 0 Å². The van der Waals surface area contributed by atoms with E-state index in [-0.39, 0.29) is 13.0 Å². The summed E-state index contributed by atoms with van der Waals surface area (Å²) in [6.07, 6.45) is -1.40. The molecule has 0 radical (unpaired) electrons. The molecule has 0 amide bonds. The zero-order chi connectivity index (χ0) is 8.85. The van der Waals surface area contributed by atoms with Gasteiger partial charge in [0.05, 0.1) is 6.61 Å². The molecular formula is C7H12O4. The summed E-state index contributed by atoms with van der Waals surface area (Å²) in [5.74, 6) is -0.509. The molecule has 64 valence electrons. The molecule has 0 aromatic rings. The lowest BCUT2D eigenvalue weighted by Gasteiger charge is -2.04. The standard InChI is InChI=1S/C7H12O4/c1-5(2)7(10)11-4-3-6(8)9/h6,8-9H,1,3-4H2,2H3. The van der Waals surface area contributed by atoms with E-state index in [4.69, 9.17) is 10.2 Å². The number of carbonyl (C=O) groups excluding carboxylic acids is 1. The Hall–Kier alpha value is -0.870. The second kappa shape index (κ2) is 4.87. The monoisotopic (exact) mass is 160 g/mol. The van der Waals surface area contributed by atoms with Gasteiger partial charge in [-0.05, 0) is 6.92 Å². The third-order valence-electron chi connectivity index (χ3n) is 0.958. The Morgan fingerprint density at radius 1 is 1.64 bits per heavy atom. The van der Waals surface area contributed by atoms with Crippen LogP contribution in [0.5, 0.6) is 0 Å². The van der Waals surface area contributed by atoms with Crippen LogP contribution in [0.25, 0.3) is 0 Å². The molecular weight excluding hydrogens is 148 g/mol. The summed E-state index contributed by atoms with van der Waals surface area (Å²) in [5.41, 5.74) is 0.303. The molecule has 4 heteroatoms. The zero-order valence-electron chi connectivity index (χ0n) is 6.41. The number of ether oxygens (including phenoxy) is 1. The van der Waals surface area contributed by atoms with Crippen molar-refractivity contribution in [3.05, 3.63) is 12.2 Å². The number of rotatable bonds is 4. The van der Waals surface area contributed by atoms with Gasteiger partial charge in [0, 0.05) is 12.0 Å². The number of hydrogen-bond acceptors (Lipinski definition) is 4. The fourth-order valence-corrected chi connectivity index (χ4v) is 0.380. The first kappa shape index (κ1) is 10.1. The van der Waals surface area contributed by atoms with Gasteiger partial charge in [0.2, 0.25) is 0 Å². The van der Waals surface area contributed by atoms with Crippen molar-refractivity contribution >= 4 is 5.97 Å². The van der Waals surface area contributed by atoms with Gasteiger partial charge in [0.1, 0.15) is 0 Å². The SMILES string of the molecule is C=C(C)C(=O)OCCC(O)O. The Kier molecular flexibility index (Phi) is 4.49. The van der Waals surface area contributed by atoms with Gasteiger partial charge < -0.3 is 14.9 Å². The molecule has 0 fully saturated rings. The predicted octanol–water partition coefficient (Wildman–Crippen LogP) is -0.194. The number of aliphatic hydroxyl groups excluding tert-OH is 1. The van der Waals surface area contributed by atoms with E-state index in [1.165, 1.54) is 6.92 Å². The fourth-order valence-electron chi connectivity index (χ4n) is 0.380. The fraction of sp³-hybridized carbons (Fsp3) is 0.571. The van der Waals surface area contributed by atoms with E-state index in [1.807, 2.05) is 0 Å². The summed E-state index contributed by atoms with van der Waals surface area (Å²) in [4.78, 5) is 10.6. The molecule has 11 heavy (non-hydrogen) atoms. The van der Waals surface area contributed by atoms with Crippen LogP contribution in [0.4, 0.5) is 0 Å². The second-order valence-electron chi connectivity index (χ2n) is 2.19. The molecule has 0 aliphatic heterocycles. The maximum absolute atomic E-state index is 10.6. The first-order chi connectivity index (χ1) is 5.04. The molecule has 0 atom stereocenters. The van der Waals surface area contributed by atoms with Gasteiger partial charge >= 0.3 is 5.97 Å². The van der Waals surface area contributed by atoms with Crippen molar-refractivity contribution in [2.75, 3.05) is 6.61 Å². The van der Waals surface area contributed by atoms with Gasteiger partial charge in [-0.3, -0.25) is 0 Å². The Morgan fingerprint density at radius 2 is 2.18 bits per heavy atom. The van der Waals surface area contributed by atoms with Crippen LogP contribution >= 0.6 is 0 Å². The average molecular weight is 160 g/mol. The van der Waals surface area contributed by atoms with Gasteiger partial charge in [0.25, 0.3) is 0 Å². The Bertz CT molecular complexity index is 151. The number of aliphatic hydroxyl groups is 2. The predicted molar refractivity (Wildman–Crippen MR) is 38.6 cm³/mol. The lowest BCUT2D eigenvalue weighted by molar-refractivity contribution is -0.141. The molecule has 0 aliphatic rings. The molecule has 0 aromatic carbocycles. The van der Waals surface area contributed by atoms with Crippen molar-refractivity contribution < 1.29 is 19.7 Å². The number of carbonyl (C=O) groups is 1. The van der Waals surface area contributed by atoms with E-state index in [9.17, 15) is 4.79 Å². The van der Waals surface area contributed by atoms with E-state index in [1.54, 1.807) is 0 Å². The minimum atomic E-state index is -1.42. The largest absolute Gasteiger partial charge is 0.462 e. The van der Waals surface area contributed by atoms with Gasteiger partial charge in [-0.2, -0.15) is 0 Å². The topological polar surface area (TPSA) is 66.8 Å². The number of esters is 1. The van der Waals surface area contributed by atoms with Crippen molar-refractivity contribution in [1.82, 2.24) is 0 Å². The highest BCUT2D eigenvalue weighted by Gasteiger charge is 2.03. The first-order valence-corrected chi connectivity index (χ1v) is 3.23. The normalized spacial score (nSPS) is 9.82. The van der Waals surface area contributed by atoms with E-state index in [2.05, 4.69) is 11.3 Å². The van der Waals surface area contributed by atoms with Crippen LogP contribution in [-0.2, 0) is 9.53 Å². The molecule has 4 nitrogen and oxygen atoms in total. The highest BCUT2D eigenvalue weighted by Crippen LogP contribution is 1.94. The van der Waals surface area contributed by atoms with Crippen LogP contribution in [0.15, 0.2) is 12.2 Å². The Morgan fingerprint density at radius 3 is 2.55 bits per heavy atom. The van der Waals surface area contributed by atoms with Gasteiger partial charge in [-0.1, -0.05) is 6.58 Å². The van der Waals surface area contributed by atoms with Gasteiger partial charge in [-0.25, -0.2) is 4.79 Å². The van der Waals surface area contributed by atoms with Crippen molar-refractivity contribution in [3.8, 4) is 0 Å². The van der Waals surface area contributed by atoms with Crippen LogP contribution in [0, 0.1) is 0 Å². The van der Waals surface area contributed by atoms with E-state index < -0.39 is 12.3 Å². The third kappa shape index (κ3) is 5.57. The second-order valence-corrected chi connectivity index (χ2v) is 2.19. The van der Waals surface area contributed by atoms with Crippen LogP contribution < -0.4 is 0 Å². The molecule has 0 saturated heterocycles. The molecule has 0 unspecified atom stereocenters. The molecule has 0 saturated carbocycles. The maximum atomic E-state index is 10.6. The van der Waals surface area contributed by atoms with Crippen molar-refractivity contribution in [2.24, 2.45) is 0 Å². The summed E-state index contributed by atoms with van der Waals surface area (Å²) >= 11 is 0. The third-order valence-corrected chi connectivity index (χ3v) is 0.958. The summed E-state index contributed by atoms with van der Waals surface area (Å²) < 4.78 is 4.56. The summed E-state index contributed by atoms with van der Waals surface area (Å²) in [5, 5.41) is 16.7. The van der Waals surface area contributed by atoms with Gasteiger partial charge in [-0.15, -0.1) is 0 Å². The molecule has 0 spiro atoms. The zero-order valence-corrected chi connectivity index (χ0v) is 6.41. The molecule has 0 rings (SSSR count). The first-order valence-electron chi connectivity index (χ1n) is 3.23. The van der Waals surface area contributed by atoms with Crippen molar-refractivity contribution in [2.45, 2.75) is 19.6 Å². The lowest BCUT2D eigenvalue weighted by atomic mass is 10.3. The van der Waals surface area contributed by atoms with E-state index in [0.717, 1.165) is 0 Å². The Balaban J connectivity index is 3.40. The maximum Gasteiger partial charge on any atom is 0.333 e. The Labute approximate surface area is 65.1 Å². The average Bonchev–Trinajstić information content (AvgIpc) is 1.86. The van der Waals surface area contributed by atoms with E-state index in [0.29, 0.717) is 5.57 Å². The highest BCUT2D eigenvalue weighted by molar-refractivity contribution is 5.86. The van der Waals surface area contributed by atoms with Crippen LogP contribution in [0.1, 0.15) is 13.3 Å². The highest BCUT2D eigenvalue weighted by atomic mass is 16.5. The van der Waals surface area contributed by atoms with Crippen LogP contribution in [-0.4, -0.2) is 29.1 Å². The summed E-state index contributed by atoms with van der Waals surface area (Å²) in [6, 6.07) is 0. The van der Waals surface area contributed by atoms with Crippen molar-refractivity contribution in [1.29, 1.82) is 0 Å².